The van der Waals surface area contributed by atoms with Crippen molar-refractivity contribution in [2.75, 3.05) is 11.9 Å². The van der Waals surface area contributed by atoms with Gasteiger partial charge in [-0.3, -0.25) is 4.79 Å². The molecule has 0 saturated heterocycles. The number of carbonyl (C=O) groups excluding carboxylic acids is 2. The molecule has 0 fully saturated rings. The molecule has 0 unspecified atom stereocenters. The van der Waals surface area contributed by atoms with Crippen LogP contribution in [-0.2, 0) is 9.53 Å². The molecular weight excluding hydrogens is 366 g/mol. The Morgan fingerprint density at radius 3 is 2.62 bits per heavy atom. The second-order valence-corrected chi connectivity index (χ2v) is 7.14. The molecule has 6 heteroatoms. The van der Waals surface area contributed by atoms with Gasteiger partial charge in [0.2, 0.25) is 5.91 Å². The minimum absolute atomic E-state index is 0.272. The third-order valence-corrected chi connectivity index (χ3v) is 5.27. The Labute approximate surface area is 159 Å². The molecule has 2 aromatic heterocycles. The van der Waals surface area contributed by atoms with Gasteiger partial charge in [0, 0.05) is 21.9 Å². The molecule has 132 valence electrons. The van der Waals surface area contributed by atoms with Gasteiger partial charge < -0.3 is 10.1 Å². The van der Waals surface area contributed by atoms with E-state index in [9.17, 15) is 9.59 Å². The zero-order valence-corrected chi connectivity index (χ0v) is 15.7. The van der Waals surface area contributed by atoms with Crippen LogP contribution in [0.5, 0.6) is 0 Å². The number of carbonyl (C=O) groups is 2. The van der Waals surface area contributed by atoms with Gasteiger partial charge in [-0.1, -0.05) is 36.4 Å². The van der Waals surface area contributed by atoms with Gasteiger partial charge in [0.05, 0.1) is 6.61 Å². The van der Waals surface area contributed by atoms with E-state index in [-0.39, 0.29) is 12.5 Å². The maximum Gasteiger partial charge on any atom is 0.341 e. The van der Waals surface area contributed by atoms with Gasteiger partial charge in [-0.15, -0.1) is 22.7 Å². The predicted octanol–water partition coefficient (Wildman–Crippen LogP) is 5.31. The van der Waals surface area contributed by atoms with E-state index in [0.717, 1.165) is 16.0 Å². The second-order valence-electron chi connectivity index (χ2n) is 5.28. The number of rotatable bonds is 6. The molecule has 2 heterocycles. The first kappa shape index (κ1) is 18.1. The lowest BCUT2D eigenvalue weighted by atomic mass is 10.0. The molecule has 0 atom stereocenters. The van der Waals surface area contributed by atoms with Crippen LogP contribution in [0.4, 0.5) is 5.00 Å². The molecular formula is C20H17NO3S2. The second kappa shape index (κ2) is 8.60. The molecule has 0 radical (unpaired) electrons. The summed E-state index contributed by atoms with van der Waals surface area (Å²) in [7, 11) is 0. The number of ether oxygens (including phenoxy) is 1. The maximum atomic E-state index is 12.5. The van der Waals surface area contributed by atoms with Crippen LogP contribution in [-0.4, -0.2) is 18.5 Å². The number of hydrogen-bond donors (Lipinski definition) is 1. The highest BCUT2D eigenvalue weighted by Gasteiger charge is 2.22. The van der Waals surface area contributed by atoms with Crippen LogP contribution in [0, 0.1) is 0 Å². The highest BCUT2D eigenvalue weighted by molar-refractivity contribution is 7.15. The lowest BCUT2D eigenvalue weighted by Crippen LogP contribution is -2.12. The summed E-state index contributed by atoms with van der Waals surface area (Å²) in [6, 6.07) is 13.4. The van der Waals surface area contributed by atoms with Gasteiger partial charge >= 0.3 is 5.97 Å². The molecule has 1 amide bonds. The number of anilines is 1. The van der Waals surface area contributed by atoms with E-state index in [1.807, 2.05) is 53.2 Å². The van der Waals surface area contributed by atoms with E-state index in [0.29, 0.717) is 10.6 Å². The highest BCUT2D eigenvalue weighted by atomic mass is 32.1. The lowest BCUT2D eigenvalue weighted by Gasteiger charge is -2.07. The van der Waals surface area contributed by atoms with E-state index in [1.165, 1.54) is 17.4 Å². The van der Waals surface area contributed by atoms with Crippen LogP contribution in [0.3, 0.4) is 0 Å². The van der Waals surface area contributed by atoms with Crippen molar-refractivity contribution in [2.24, 2.45) is 0 Å². The molecule has 26 heavy (non-hydrogen) atoms. The first-order valence-corrected chi connectivity index (χ1v) is 9.81. The molecule has 0 bridgehead atoms. The zero-order chi connectivity index (χ0) is 18.4. The number of benzene rings is 1. The van der Waals surface area contributed by atoms with E-state index >= 15 is 0 Å². The Hall–Kier alpha value is -2.70. The monoisotopic (exact) mass is 383 g/mol. The fraction of sp³-hybridized carbons (Fsp3) is 0.100. The smallest absolute Gasteiger partial charge is 0.341 e. The fourth-order valence-corrected chi connectivity index (χ4v) is 3.96. The van der Waals surface area contributed by atoms with Crippen molar-refractivity contribution in [3.05, 3.63) is 69.7 Å². The summed E-state index contributed by atoms with van der Waals surface area (Å²) in [5.74, 6) is -0.726. The van der Waals surface area contributed by atoms with Crippen molar-refractivity contribution >= 4 is 45.6 Å². The fourth-order valence-electron chi connectivity index (χ4n) is 2.38. The summed E-state index contributed by atoms with van der Waals surface area (Å²) < 4.78 is 5.19. The summed E-state index contributed by atoms with van der Waals surface area (Å²) in [5.41, 5.74) is 2.05. The average molecular weight is 383 g/mol. The first-order valence-electron chi connectivity index (χ1n) is 8.05. The summed E-state index contributed by atoms with van der Waals surface area (Å²) in [6.45, 7) is 2.03. The summed E-state index contributed by atoms with van der Waals surface area (Å²) in [6.07, 6.45) is 3.21. The topological polar surface area (TPSA) is 55.4 Å². The van der Waals surface area contributed by atoms with Crippen molar-refractivity contribution in [3.8, 4) is 11.1 Å². The molecule has 1 aromatic carbocycles. The Morgan fingerprint density at radius 2 is 1.92 bits per heavy atom. The average Bonchev–Trinajstić information content (AvgIpc) is 3.31. The lowest BCUT2D eigenvalue weighted by molar-refractivity contribution is -0.111. The van der Waals surface area contributed by atoms with Crippen LogP contribution in [0.25, 0.3) is 17.2 Å². The van der Waals surface area contributed by atoms with Gasteiger partial charge in [0.25, 0.3) is 0 Å². The molecule has 0 aliphatic rings. The molecule has 0 aliphatic carbocycles. The van der Waals surface area contributed by atoms with Crippen LogP contribution in [0.15, 0.2) is 59.3 Å². The number of amides is 1. The standard InChI is InChI=1S/C20H17NO3S2/c1-2-24-20(23)18-16(14-7-4-3-5-8-14)13-26-19(18)21-17(22)11-10-15-9-6-12-25-15/h3-13H,2H2,1H3,(H,21,22). The summed E-state index contributed by atoms with van der Waals surface area (Å²) in [4.78, 5) is 25.7. The van der Waals surface area contributed by atoms with E-state index < -0.39 is 5.97 Å². The van der Waals surface area contributed by atoms with Crippen molar-refractivity contribution in [2.45, 2.75) is 6.92 Å². The predicted molar refractivity (Wildman–Crippen MR) is 108 cm³/mol. The maximum absolute atomic E-state index is 12.5. The van der Waals surface area contributed by atoms with Gasteiger partial charge in [-0.05, 0) is 30.0 Å². The third kappa shape index (κ3) is 4.28. The summed E-state index contributed by atoms with van der Waals surface area (Å²) >= 11 is 2.86. The molecule has 0 saturated carbocycles. The van der Waals surface area contributed by atoms with E-state index in [1.54, 1.807) is 24.3 Å². The van der Waals surface area contributed by atoms with E-state index in [4.69, 9.17) is 4.74 Å². The van der Waals surface area contributed by atoms with Gasteiger partial charge in [-0.2, -0.15) is 0 Å². The SMILES string of the molecule is CCOC(=O)c1c(-c2ccccc2)csc1NC(=O)C=Cc1cccs1. The van der Waals surface area contributed by atoms with Crippen LogP contribution < -0.4 is 5.32 Å². The number of hydrogen-bond acceptors (Lipinski definition) is 5. The largest absolute Gasteiger partial charge is 0.462 e. The Kier molecular flexibility index (Phi) is 5.99. The van der Waals surface area contributed by atoms with Gasteiger partial charge in [-0.25, -0.2) is 4.79 Å². The van der Waals surface area contributed by atoms with Crippen molar-refractivity contribution in [1.82, 2.24) is 0 Å². The number of thiophene rings is 2. The normalized spacial score (nSPS) is 10.8. The highest BCUT2D eigenvalue weighted by Crippen LogP contribution is 2.36. The van der Waals surface area contributed by atoms with Crippen LogP contribution >= 0.6 is 22.7 Å². The first-order chi connectivity index (χ1) is 12.7. The Morgan fingerprint density at radius 1 is 1.12 bits per heavy atom. The minimum Gasteiger partial charge on any atom is -0.462 e. The van der Waals surface area contributed by atoms with Crippen molar-refractivity contribution in [3.63, 3.8) is 0 Å². The van der Waals surface area contributed by atoms with E-state index in [2.05, 4.69) is 5.32 Å². The molecule has 1 N–H and O–H groups in total. The quantitative estimate of drug-likeness (QED) is 0.464. The summed E-state index contributed by atoms with van der Waals surface area (Å²) in [5, 5.41) is 7.10. The molecule has 4 nitrogen and oxygen atoms in total. The third-order valence-electron chi connectivity index (χ3n) is 3.53. The van der Waals surface area contributed by atoms with Crippen LogP contribution in [0.2, 0.25) is 0 Å². The number of nitrogens with one attached hydrogen (secondary N) is 1. The van der Waals surface area contributed by atoms with Gasteiger partial charge in [0.15, 0.2) is 0 Å². The van der Waals surface area contributed by atoms with Crippen molar-refractivity contribution in [1.29, 1.82) is 0 Å². The minimum atomic E-state index is -0.440. The number of esters is 1. The molecule has 3 rings (SSSR count). The molecule has 0 spiro atoms. The molecule has 0 aliphatic heterocycles. The Balaban J connectivity index is 1.88. The zero-order valence-electron chi connectivity index (χ0n) is 14.1. The Bertz CT molecular complexity index is 912. The van der Waals surface area contributed by atoms with Crippen LogP contribution in [0.1, 0.15) is 22.2 Å². The van der Waals surface area contributed by atoms with Crippen molar-refractivity contribution < 1.29 is 14.3 Å². The van der Waals surface area contributed by atoms with Gasteiger partial charge in [0.1, 0.15) is 10.6 Å². The molecule has 3 aromatic rings.